The molecule has 0 aromatic heterocycles. The zero-order valence-electron chi connectivity index (χ0n) is 11.7. The van der Waals surface area contributed by atoms with Crippen molar-refractivity contribution in [3.63, 3.8) is 0 Å². The molecule has 0 bridgehead atoms. The lowest BCUT2D eigenvalue weighted by atomic mass is 9.77. The van der Waals surface area contributed by atoms with Crippen molar-refractivity contribution in [2.75, 3.05) is 21.3 Å². The molecule has 106 valence electrons. The Bertz CT molecular complexity index is 433. The van der Waals surface area contributed by atoms with Crippen LogP contribution in [0.2, 0.25) is 0 Å². The van der Waals surface area contributed by atoms with Gasteiger partial charge in [-0.15, -0.1) is 0 Å². The zero-order chi connectivity index (χ0) is 13.8. The number of hydrogen-bond acceptors (Lipinski definition) is 5. The van der Waals surface area contributed by atoms with Crippen LogP contribution in [0.1, 0.15) is 30.9 Å². The molecule has 1 aromatic rings. The SMILES string of the molecule is COc1cc(OC)c(C(NN)C2CCC2)cc1OC. The first kappa shape index (κ1) is 14.0. The van der Waals surface area contributed by atoms with Gasteiger partial charge in [0.05, 0.1) is 27.4 Å². The second kappa shape index (κ2) is 6.12. The van der Waals surface area contributed by atoms with Crippen molar-refractivity contribution >= 4 is 0 Å². The van der Waals surface area contributed by atoms with Crippen LogP contribution in [0.15, 0.2) is 12.1 Å². The Morgan fingerprint density at radius 2 is 1.63 bits per heavy atom. The summed E-state index contributed by atoms with van der Waals surface area (Å²) in [5, 5.41) is 0. The first-order chi connectivity index (χ1) is 9.24. The van der Waals surface area contributed by atoms with Crippen molar-refractivity contribution in [2.24, 2.45) is 11.8 Å². The summed E-state index contributed by atoms with van der Waals surface area (Å²) in [6.07, 6.45) is 3.64. The summed E-state index contributed by atoms with van der Waals surface area (Å²) in [6.45, 7) is 0. The van der Waals surface area contributed by atoms with Gasteiger partial charge in [-0.3, -0.25) is 11.3 Å². The van der Waals surface area contributed by atoms with Gasteiger partial charge in [-0.2, -0.15) is 0 Å². The second-order valence-electron chi connectivity index (χ2n) is 4.78. The number of nitrogens with one attached hydrogen (secondary N) is 1. The Kier molecular flexibility index (Phi) is 4.50. The number of rotatable bonds is 6. The lowest BCUT2D eigenvalue weighted by Crippen LogP contribution is -2.36. The highest BCUT2D eigenvalue weighted by molar-refractivity contribution is 5.52. The number of hydrogen-bond donors (Lipinski definition) is 2. The predicted octanol–water partition coefficient (Wildman–Crippen LogP) is 2.02. The number of nitrogens with two attached hydrogens (primary N) is 1. The first-order valence-electron chi connectivity index (χ1n) is 6.51. The molecular weight excluding hydrogens is 244 g/mol. The minimum absolute atomic E-state index is 0.0866. The second-order valence-corrected chi connectivity index (χ2v) is 4.78. The van der Waals surface area contributed by atoms with Crippen LogP contribution in [-0.4, -0.2) is 21.3 Å². The molecule has 2 rings (SSSR count). The molecule has 1 unspecified atom stereocenters. The molecule has 5 heteroatoms. The lowest BCUT2D eigenvalue weighted by Gasteiger charge is -2.34. The lowest BCUT2D eigenvalue weighted by molar-refractivity contribution is 0.227. The molecule has 3 N–H and O–H groups in total. The fraction of sp³-hybridized carbons (Fsp3) is 0.571. The van der Waals surface area contributed by atoms with Crippen LogP contribution in [-0.2, 0) is 0 Å². The molecule has 19 heavy (non-hydrogen) atoms. The summed E-state index contributed by atoms with van der Waals surface area (Å²) < 4.78 is 16.1. The van der Waals surface area contributed by atoms with Gasteiger partial charge >= 0.3 is 0 Å². The quantitative estimate of drug-likeness (QED) is 0.609. The maximum Gasteiger partial charge on any atom is 0.164 e. The van der Waals surface area contributed by atoms with Gasteiger partial charge in [0.1, 0.15) is 5.75 Å². The van der Waals surface area contributed by atoms with Gasteiger partial charge < -0.3 is 14.2 Å². The number of hydrazine groups is 1. The summed E-state index contributed by atoms with van der Waals surface area (Å²) in [7, 11) is 4.89. The van der Waals surface area contributed by atoms with Crippen molar-refractivity contribution in [2.45, 2.75) is 25.3 Å². The molecule has 1 aromatic carbocycles. The molecule has 5 nitrogen and oxygen atoms in total. The number of methoxy groups -OCH3 is 3. The largest absolute Gasteiger partial charge is 0.496 e. The summed E-state index contributed by atoms with van der Waals surface area (Å²) in [6, 6.07) is 3.88. The van der Waals surface area contributed by atoms with Crippen LogP contribution in [0.5, 0.6) is 17.2 Å². The monoisotopic (exact) mass is 266 g/mol. The summed E-state index contributed by atoms with van der Waals surface area (Å²) in [5.41, 5.74) is 3.93. The molecular formula is C14H22N2O3. The normalized spacial score (nSPS) is 16.6. The summed E-state index contributed by atoms with van der Waals surface area (Å²) >= 11 is 0. The molecule has 1 atom stereocenters. The van der Waals surface area contributed by atoms with E-state index in [0.29, 0.717) is 17.4 Å². The average Bonchev–Trinajstić information content (AvgIpc) is 2.40. The van der Waals surface area contributed by atoms with E-state index < -0.39 is 0 Å². The van der Waals surface area contributed by atoms with E-state index in [1.54, 1.807) is 21.3 Å². The Hall–Kier alpha value is -1.46. The van der Waals surface area contributed by atoms with Crippen molar-refractivity contribution in [1.29, 1.82) is 0 Å². The van der Waals surface area contributed by atoms with Crippen LogP contribution in [0, 0.1) is 5.92 Å². The highest BCUT2D eigenvalue weighted by Gasteiger charge is 2.30. The average molecular weight is 266 g/mol. The van der Waals surface area contributed by atoms with E-state index in [2.05, 4.69) is 5.43 Å². The van der Waals surface area contributed by atoms with Crippen molar-refractivity contribution in [3.8, 4) is 17.2 Å². The summed E-state index contributed by atoms with van der Waals surface area (Å²) in [4.78, 5) is 0. The smallest absolute Gasteiger partial charge is 0.164 e. The summed E-state index contributed by atoms with van der Waals surface area (Å²) in [5.74, 6) is 8.40. The van der Waals surface area contributed by atoms with Gasteiger partial charge in [0.15, 0.2) is 11.5 Å². The van der Waals surface area contributed by atoms with Gasteiger partial charge in [0, 0.05) is 11.6 Å². The molecule has 0 heterocycles. The van der Waals surface area contributed by atoms with Crippen LogP contribution >= 0.6 is 0 Å². The van der Waals surface area contributed by atoms with Crippen LogP contribution in [0.25, 0.3) is 0 Å². The molecule has 1 aliphatic rings. The van der Waals surface area contributed by atoms with Crippen molar-refractivity contribution < 1.29 is 14.2 Å². The van der Waals surface area contributed by atoms with E-state index in [0.717, 1.165) is 11.3 Å². The fourth-order valence-electron chi connectivity index (χ4n) is 2.55. The van der Waals surface area contributed by atoms with Gasteiger partial charge in [-0.05, 0) is 24.8 Å². The third-order valence-electron chi connectivity index (χ3n) is 3.87. The third kappa shape index (κ3) is 2.62. The van der Waals surface area contributed by atoms with E-state index in [1.165, 1.54) is 19.3 Å². The Labute approximate surface area is 114 Å². The molecule has 0 aliphatic heterocycles. The minimum Gasteiger partial charge on any atom is -0.496 e. The Balaban J connectivity index is 2.41. The molecule has 0 radical (unpaired) electrons. The topological polar surface area (TPSA) is 65.7 Å². The molecule has 0 amide bonds. The first-order valence-corrected chi connectivity index (χ1v) is 6.51. The van der Waals surface area contributed by atoms with Gasteiger partial charge in [0.25, 0.3) is 0 Å². The zero-order valence-corrected chi connectivity index (χ0v) is 11.7. The van der Waals surface area contributed by atoms with Crippen LogP contribution in [0.4, 0.5) is 0 Å². The minimum atomic E-state index is 0.0866. The standard InChI is InChI=1S/C14H22N2O3/c1-17-11-8-13(19-3)12(18-2)7-10(11)14(16-15)9-5-4-6-9/h7-9,14,16H,4-6,15H2,1-3H3. The molecule has 0 saturated heterocycles. The van der Waals surface area contributed by atoms with E-state index >= 15 is 0 Å². The van der Waals surface area contributed by atoms with Gasteiger partial charge in [0.2, 0.25) is 0 Å². The number of ether oxygens (including phenoxy) is 3. The molecule has 1 aliphatic carbocycles. The maximum absolute atomic E-state index is 5.72. The van der Waals surface area contributed by atoms with E-state index in [-0.39, 0.29) is 6.04 Å². The van der Waals surface area contributed by atoms with E-state index in [1.807, 2.05) is 12.1 Å². The Morgan fingerprint density at radius 1 is 1.05 bits per heavy atom. The van der Waals surface area contributed by atoms with Crippen LogP contribution in [0.3, 0.4) is 0 Å². The Morgan fingerprint density at radius 3 is 2.05 bits per heavy atom. The van der Waals surface area contributed by atoms with Gasteiger partial charge in [-0.1, -0.05) is 6.42 Å². The van der Waals surface area contributed by atoms with E-state index in [9.17, 15) is 0 Å². The molecule has 1 fully saturated rings. The van der Waals surface area contributed by atoms with E-state index in [4.69, 9.17) is 20.1 Å². The van der Waals surface area contributed by atoms with Crippen molar-refractivity contribution in [1.82, 2.24) is 5.43 Å². The highest BCUT2D eigenvalue weighted by Crippen LogP contribution is 2.44. The fourth-order valence-corrected chi connectivity index (χ4v) is 2.55. The number of benzene rings is 1. The van der Waals surface area contributed by atoms with Crippen molar-refractivity contribution in [3.05, 3.63) is 17.7 Å². The van der Waals surface area contributed by atoms with Gasteiger partial charge in [-0.25, -0.2) is 0 Å². The maximum atomic E-state index is 5.72. The highest BCUT2D eigenvalue weighted by atomic mass is 16.5. The molecule has 1 saturated carbocycles. The third-order valence-corrected chi connectivity index (χ3v) is 3.87. The molecule has 0 spiro atoms. The van der Waals surface area contributed by atoms with Crippen LogP contribution < -0.4 is 25.5 Å². The predicted molar refractivity (Wildman–Crippen MR) is 73.5 cm³/mol.